The molecular weight excluding hydrogens is 755 g/mol. The van der Waals surface area contributed by atoms with Crippen molar-refractivity contribution < 1.29 is 24.8 Å². The number of anilines is 1. The number of ether oxygens (including phenoxy) is 2. The normalized spacial score (nSPS) is 15.1. The van der Waals surface area contributed by atoms with Crippen molar-refractivity contribution in [3.63, 3.8) is 0 Å². The lowest BCUT2D eigenvalue weighted by molar-refractivity contribution is -0.145. The minimum Gasteiger partial charge on any atom is -0.465 e. The van der Waals surface area contributed by atoms with Gasteiger partial charge in [-0.3, -0.25) is 33.7 Å². The molecule has 0 saturated carbocycles. The fourth-order valence-corrected chi connectivity index (χ4v) is 5.75. The average molecular weight is 804 g/mol. The van der Waals surface area contributed by atoms with Crippen molar-refractivity contribution in [2.45, 2.75) is 25.7 Å². The maximum atomic E-state index is 11.6. The highest BCUT2D eigenvalue weighted by Crippen LogP contribution is 2.23. The molecule has 6 rings (SSSR count). The van der Waals surface area contributed by atoms with E-state index in [0.717, 1.165) is 39.3 Å². The van der Waals surface area contributed by atoms with Crippen LogP contribution in [-0.2, 0) is 19.1 Å². The van der Waals surface area contributed by atoms with Gasteiger partial charge in [0, 0.05) is 77.1 Å². The SMILES string of the molecule is CCOC(=O)CN1CCN(c2nccc(C(C#N)c3ccccn3)n2)CC1.CCOC(=O)CN1CCNCC1.N#CC(c1ccccn1)c1ccnc(Cl)n1.[2H]CF. The lowest BCUT2D eigenvalue weighted by atomic mass is 10.0. The number of carbonyl (C=O) groups is 2. The molecule has 4 aromatic rings. The first-order chi connectivity index (χ1) is 28.3. The molecule has 0 radical (unpaired) electrons. The van der Waals surface area contributed by atoms with E-state index < -0.39 is 19.0 Å². The van der Waals surface area contributed by atoms with Crippen molar-refractivity contribution in [2.75, 3.05) is 90.7 Å². The molecule has 2 atom stereocenters. The van der Waals surface area contributed by atoms with Gasteiger partial charge in [0.2, 0.25) is 11.2 Å². The zero-order valence-electron chi connectivity index (χ0n) is 33.1. The molecule has 0 spiro atoms. The van der Waals surface area contributed by atoms with Crippen molar-refractivity contribution in [3.05, 3.63) is 101 Å². The average Bonchev–Trinajstić information content (AvgIpc) is 3.24. The Morgan fingerprint density at radius 1 is 0.754 bits per heavy atom. The fourth-order valence-electron chi connectivity index (χ4n) is 5.60. The Morgan fingerprint density at radius 3 is 1.70 bits per heavy atom. The van der Waals surface area contributed by atoms with Crippen LogP contribution >= 0.6 is 11.6 Å². The number of halogens is 2. The Bertz CT molecular complexity index is 1880. The molecule has 0 aromatic carbocycles. The predicted octanol–water partition coefficient (Wildman–Crippen LogP) is 3.43. The maximum absolute atomic E-state index is 11.6. The van der Waals surface area contributed by atoms with Gasteiger partial charge in [-0.15, -0.1) is 0 Å². The molecule has 2 saturated heterocycles. The first-order valence-electron chi connectivity index (χ1n) is 19.0. The highest BCUT2D eigenvalue weighted by atomic mass is 35.5. The van der Waals surface area contributed by atoms with Gasteiger partial charge in [-0.25, -0.2) is 19.9 Å². The summed E-state index contributed by atoms with van der Waals surface area (Å²) in [6, 6.07) is 18.7. The fraction of sp³-hybridized carbons (Fsp3) is 0.436. The molecule has 2 aliphatic rings. The molecule has 302 valence electrons. The molecule has 16 nitrogen and oxygen atoms in total. The number of esters is 2. The molecular formula is C39H48ClFN12O4. The second-order valence-corrected chi connectivity index (χ2v) is 12.4. The quantitative estimate of drug-likeness (QED) is 0.171. The van der Waals surface area contributed by atoms with Crippen LogP contribution in [0.5, 0.6) is 0 Å². The first kappa shape index (κ1) is 44.0. The molecule has 0 bridgehead atoms. The molecule has 2 aliphatic heterocycles. The summed E-state index contributed by atoms with van der Waals surface area (Å²) in [6.45, 7) is 12.0. The van der Waals surface area contributed by atoms with Gasteiger partial charge in [0.15, 0.2) is 0 Å². The minimum absolute atomic E-state index is 0.112. The smallest absolute Gasteiger partial charge is 0.320 e. The van der Waals surface area contributed by atoms with E-state index in [1.54, 1.807) is 49.8 Å². The summed E-state index contributed by atoms with van der Waals surface area (Å²) < 4.78 is 25.3. The first-order valence-corrected chi connectivity index (χ1v) is 18.6. The molecule has 57 heavy (non-hydrogen) atoms. The van der Waals surface area contributed by atoms with Gasteiger partial charge in [-0.1, -0.05) is 12.1 Å². The van der Waals surface area contributed by atoms with Crippen molar-refractivity contribution >= 4 is 29.5 Å². The zero-order valence-corrected chi connectivity index (χ0v) is 32.8. The van der Waals surface area contributed by atoms with Gasteiger partial charge < -0.3 is 19.7 Å². The molecule has 4 aromatic heterocycles. The van der Waals surface area contributed by atoms with Gasteiger partial charge in [-0.05, 0) is 61.8 Å². The Morgan fingerprint density at radius 2 is 1.25 bits per heavy atom. The standard InChI is InChI=1S/C19H22N6O2.C11H7ClN4.C8H16N2O2.CH3F/c1-2-27-18(26)14-24-9-11-25(12-10-24)19-22-8-6-17(23-19)15(13-20)16-5-3-4-7-21-16;12-11-15-6-4-10(16-11)8(7-13)9-3-1-2-5-14-9;1-2-12-8(11)7-10-5-3-9-4-6-10;1-2/h3-8,15H,2,9-12,14H2,1H3;1-6,8H;9H,2-7H2,1H3;1H3/i;;;1D. The van der Waals surface area contributed by atoms with E-state index in [1.165, 1.54) is 6.20 Å². The van der Waals surface area contributed by atoms with Crippen LogP contribution in [0.15, 0.2) is 73.3 Å². The summed E-state index contributed by atoms with van der Waals surface area (Å²) in [5, 5.41) is 22.1. The monoisotopic (exact) mass is 803 g/mol. The second-order valence-electron chi connectivity index (χ2n) is 12.1. The number of carbonyl (C=O) groups excluding carboxylic acids is 2. The van der Waals surface area contributed by atoms with E-state index in [0.29, 0.717) is 68.1 Å². The number of aromatic nitrogens is 6. The van der Waals surface area contributed by atoms with Gasteiger partial charge in [0.05, 0.1) is 69.7 Å². The second kappa shape index (κ2) is 26.2. The summed E-state index contributed by atoms with van der Waals surface area (Å²) >= 11 is 5.68. The highest BCUT2D eigenvalue weighted by Gasteiger charge is 2.23. The maximum Gasteiger partial charge on any atom is 0.320 e. The number of nitrogens with zero attached hydrogens (tertiary/aromatic N) is 11. The Balaban J connectivity index is 0.000000246. The van der Waals surface area contributed by atoms with E-state index in [2.05, 4.69) is 62.1 Å². The Hall–Kier alpha value is -5.72. The third-order valence-electron chi connectivity index (χ3n) is 8.31. The van der Waals surface area contributed by atoms with E-state index in [9.17, 15) is 19.2 Å². The molecule has 0 aliphatic carbocycles. The van der Waals surface area contributed by atoms with Crippen molar-refractivity contribution in [3.8, 4) is 12.1 Å². The van der Waals surface area contributed by atoms with Gasteiger partial charge >= 0.3 is 11.9 Å². The molecule has 2 unspecified atom stereocenters. The molecule has 2 fully saturated rings. The number of alkyl halides is 1. The van der Waals surface area contributed by atoms with Crippen molar-refractivity contribution in [2.24, 2.45) is 0 Å². The van der Waals surface area contributed by atoms with E-state index in [1.807, 2.05) is 31.2 Å². The summed E-state index contributed by atoms with van der Waals surface area (Å²) in [4.78, 5) is 54.0. The van der Waals surface area contributed by atoms with E-state index in [-0.39, 0.29) is 17.2 Å². The van der Waals surface area contributed by atoms with Gasteiger partial charge in [-0.2, -0.15) is 10.5 Å². The minimum atomic E-state index is -1.00. The van der Waals surface area contributed by atoms with Crippen LogP contribution in [-0.4, -0.2) is 137 Å². The molecule has 6 heterocycles. The van der Waals surface area contributed by atoms with Crippen LogP contribution < -0.4 is 10.2 Å². The van der Waals surface area contributed by atoms with Crippen LogP contribution in [0.4, 0.5) is 10.3 Å². The topological polar surface area (TPSA) is 199 Å². The number of nitriles is 2. The van der Waals surface area contributed by atoms with Crippen molar-refractivity contribution in [1.82, 2.24) is 45.0 Å². The highest BCUT2D eigenvalue weighted by molar-refractivity contribution is 6.28. The number of rotatable bonds is 11. The van der Waals surface area contributed by atoms with Crippen LogP contribution in [0.2, 0.25) is 5.28 Å². The van der Waals surface area contributed by atoms with E-state index >= 15 is 0 Å². The van der Waals surface area contributed by atoms with Crippen molar-refractivity contribution in [1.29, 1.82) is 10.5 Å². The zero-order chi connectivity index (χ0) is 42.0. The lowest BCUT2D eigenvalue weighted by Crippen LogP contribution is -2.48. The number of hydrogen-bond acceptors (Lipinski definition) is 16. The number of piperazine rings is 2. The number of hydrogen-bond donors (Lipinski definition) is 1. The Kier molecular flexibility index (Phi) is 20.2. The van der Waals surface area contributed by atoms with Crippen LogP contribution in [0, 0.1) is 22.7 Å². The summed E-state index contributed by atoms with van der Waals surface area (Å²) in [6.07, 6.45) is 6.51. The summed E-state index contributed by atoms with van der Waals surface area (Å²) in [7, 11) is -1.00. The lowest BCUT2D eigenvalue weighted by Gasteiger charge is -2.34. The van der Waals surface area contributed by atoms with E-state index in [4.69, 9.17) is 27.7 Å². The molecule has 1 N–H and O–H groups in total. The van der Waals surface area contributed by atoms with Gasteiger partial charge in [0.25, 0.3) is 0 Å². The summed E-state index contributed by atoms with van der Waals surface area (Å²) in [5.41, 5.74) is 2.51. The summed E-state index contributed by atoms with van der Waals surface area (Å²) in [5.74, 6) is -0.755. The molecule has 18 heteroatoms. The number of nitrogens with one attached hydrogen (secondary N) is 1. The third-order valence-corrected chi connectivity index (χ3v) is 8.49. The third kappa shape index (κ3) is 15.7. The number of pyridine rings is 2. The van der Waals surface area contributed by atoms with Crippen LogP contribution in [0.25, 0.3) is 0 Å². The molecule has 0 amide bonds. The largest absolute Gasteiger partial charge is 0.465 e. The van der Waals surface area contributed by atoms with Gasteiger partial charge in [0.1, 0.15) is 11.8 Å². The van der Waals surface area contributed by atoms with Crippen LogP contribution in [0.3, 0.4) is 0 Å². The van der Waals surface area contributed by atoms with Crippen LogP contribution in [0.1, 0.15) is 49.8 Å². The Labute approximate surface area is 339 Å². The predicted molar refractivity (Wildman–Crippen MR) is 211 cm³/mol.